The van der Waals surface area contributed by atoms with E-state index in [1.807, 2.05) is 19.1 Å². The zero-order chi connectivity index (χ0) is 16.6. The lowest BCUT2D eigenvalue weighted by atomic mass is 10.2. The van der Waals surface area contributed by atoms with Crippen molar-refractivity contribution in [3.05, 3.63) is 50.6 Å². The Hall–Kier alpha value is -2.68. The molecule has 118 valence electrons. The number of benzene rings is 1. The van der Waals surface area contributed by atoms with Crippen molar-refractivity contribution in [2.45, 2.75) is 13.8 Å². The van der Waals surface area contributed by atoms with Gasteiger partial charge in [-0.05, 0) is 37.6 Å². The number of fused-ring (bicyclic) bond motifs is 1. The van der Waals surface area contributed by atoms with Crippen molar-refractivity contribution >= 4 is 39.1 Å². The van der Waals surface area contributed by atoms with Crippen LogP contribution in [0, 0.1) is 13.8 Å². The molecule has 0 aliphatic rings. The largest absolute Gasteiger partial charge is 0.323 e. The predicted octanol–water partition coefficient (Wildman–Crippen LogP) is 2.44. The minimum atomic E-state index is -0.520. The van der Waals surface area contributed by atoms with Crippen LogP contribution in [0.1, 0.15) is 11.3 Å². The van der Waals surface area contributed by atoms with Gasteiger partial charge in [-0.1, -0.05) is 15.9 Å². The molecule has 0 saturated heterocycles. The van der Waals surface area contributed by atoms with Gasteiger partial charge in [0, 0.05) is 10.2 Å². The third-order valence-corrected chi connectivity index (χ3v) is 4.16. The second-order valence-corrected chi connectivity index (χ2v) is 5.80. The fourth-order valence-corrected chi connectivity index (χ4v) is 2.35. The molecule has 0 bridgehead atoms. The molecular formula is C14H13BrN6O2. The summed E-state index contributed by atoms with van der Waals surface area (Å²) in [4.78, 5) is 32.5. The third kappa shape index (κ3) is 2.95. The molecule has 9 heteroatoms. The predicted molar refractivity (Wildman–Crippen MR) is 89.9 cm³/mol. The number of hydrogen-bond acceptors (Lipinski definition) is 4. The Bertz CT molecular complexity index is 962. The number of hydrogen-bond donors (Lipinski definition) is 3. The highest BCUT2D eigenvalue weighted by atomic mass is 79.9. The number of aromatic nitrogens is 4. The number of urea groups is 1. The summed E-state index contributed by atoms with van der Waals surface area (Å²) < 4.78 is 2.11. The molecule has 0 aliphatic carbocycles. The first-order valence-electron chi connectivity index (χ1n) is 6.72. The molecule has 2 aromatic heterocycles. The van der Waals surface area contributed by atoms with Crippen molar-refractivity contribution in [2.75, 3.05) is 10.6 Å². The van der Waals surface area contributed by atoms with Crippen molar-refractivity contribution in [1.29, 1.82) is 0 Å². The standard InChI is InChI=1S/C14H13BrN6O2/c1-7-5-9(3-4-10(7)15)19-14(23)20-11-8(2)18-13-16-6-17-21(13)12(11)22/h3-6H,1-2H3,(H,16,17,18)(H2,19,20,23). The van der Waals surface area contributed by atoms with Crippen LogP contribution in [0.5, 0.6) is 0 Å². The van der Waals surface area contributed by atoms with E-state index in [9.17, 15) is 9.59 Å². The van der Waals surface area contributed by atoms with E-state index in [-0.39, 0.29) is 11.5 Å². The molecule has 2 amide bonds. The normalized spacial score (nSPS) is 10.7. The summed E-state index contributed by atoms with van der Waals surface area (Å²) in [6, 6.07) is 4.89. The van der Waals surface area contributed by atoms with Crippen LogP contribution in [0.3, 0.4) is 0 Å². The fraction of sp³-hybridized carbons (Fsp3) is 0.143. The molecule has 0 unspecified atom stereocenters. The van der Waals surface area contributed by atoms with Crippen LogP contribution in [-0.4, -0.2) is 25.6 Å². The smallest absolute Gasteiger partial charge is 0.308 e. The number of carbonyl (C=O) groups is 1. The van der Waals surface area contributed by atoms with Crippen molar-refractivity contribution in [1.82, 2.24) is 19.6 Å². The summed E-state index contributed by atoms with van der Waals surface area (Å²) in [5.41, 5.74) is 1.67. The molecule has 3 N–H and O–H groups in total. The first-order chi connectivity index (χ1) is 11.0. The van der Waals surface area contributed by atoms with E-state index in [0.29, 0.717) is 11.4 Å². The maximum Gasteiger partial charge on any atom is 0.323 e. The third-order valence-electron chi connectivity index (χ3n) is 3.27. The molecule has 0 radical (unpaired) electrons. The molecule has 0 fully saturated rings. The van der Waals surface area contributed by atoms with Gasteiger partial charge in [0.15, 0.2) is 0 Å². The molecule has 2 heterocycles. The molecule has 3 rings (SSSR count). The number of H-pyrrole nitrogens is 1. The van der Waals surface area contributed by atoms with Gasteiger partial charge in [0.25, 0.3) is 11.3 Å². The summed E-state index contributed by atoms with van der Waals surface area (Å²) in [6.07, 6.45) is 1.36. The van der Waals surface area contributed by atoms with Gasteiger partial charge in [-0.25, -0.2) is 14.8 Å². The second-order valence-electron chi connectivity index (χ2n) is 4.94. The zero-order valence-electron chi connectivity index (χ0n) is 12.3. The molecular weight excluding hydrogens is 364 g/mol. The minimum Gasteiger partial charge on any atom is -0.308 e. The molecule has 0 aliphatic heterocycles. The number of amides is 2. The van der Waals surface area contributed by atoms with E-state index >= 15 is 0 Å². The average molecular weight is 377 g/mol. The average Bonchev–Trinajstić information content (AvgIpc) is 2.95. The first kappa shape index (κ1) is 15.2. The van der Waals surface area contributed by atoms with E-state index in [1.54, 1.807) is 13.0 Å². The molecule has 0 spiro atoms. The number of nitrogens with zero attached hydrogens (tertiary/aromatic N) is 3. The highest BCUT2D eigenvalue weighted by Crippen LogP contribution is 2.20. The van der Waals surface area contributed by atoms with Crippen LogP contribution >= 0.6 is 15.9 Å². The van der Waals surface area contributed by atoms with Crippen molar-refractivity contribution in [3.8, 4) is 0 Å². The van der Waals surface area contributed by atoms with E-state index in [1.165, 1.54) is 6.33 Å². The van der Waals surface area contributed by atoms with Gasteiger partial charge < -0.3 is 10.6 Å². The first-order valence-corrected chi connectivity index (χ1v) is 7.52. The number of aryl methyl sites for hydroxylation is 2. The SMILES string of the molecule is Cc1cc(NC(=O)Nc2c(C)nc3nc[nH]n3c2=O)ccc1Br. The molecule has 3 aromatic rings. The lowest BCUT2D eigenvalue weighted by molar-refractivity contribution is 0.262. The number of nitrogens with one attached hydrogen (secondary N) is 3. The summed E-state index contributed by atoms with van der Waals surface area (Å²) >= 11 is 3.40. The Morgan fingerprint density at radius 3 is 2.83 bits per heavy atom. The van der Waals surface area contributed by atoms with Crippen molar-refractivity contribution in [2.24, 2.45) is 0 Å². The van der Waals surface area contributed by atoms with Crippen molar-refractivity contribution < 1.29 is 4.79 Å². The minimum absolute atomic E-state index is 0.0954. The van der Waals surface area contributed by atoms with Crippen LogP contribution in [0.2, 0.25) is 0 Å². The Labute approximate surface area is 139 Å². The monoisotopic (exact) mass is 376 g/mol. The van der Waals surface area contributed by atoms with Crippen molar-refractivity contribution in [3.63, 3.8) is 0 Å². The van der Waals surface area contributed by atoms with Crippen LogP contribution < -0.4 is 16.2 Å². The zero-order valence-corrected chi connectivity index (χ0v) is 13.9. The summed E-state index contributed by atoms with van der Waals surface area (Å²) in [5, 5.41) is 7.87. The Kier molecular flexibility index (Phi) is 3.87. The number of halogens is 1. The lowest BCUT2D eigenvalue weighted by Gasteiger charge is -2.10. The number of rotatable bonds is 2. The molecule has 0 saturated carbocycles. The van der Waals surface area contributed by atoms with Gasteiger partial charge in [-0.3, -0.25) is 9.89 Å². The Morgan fingerprint density at radius 2 is 2.09 bits per heavy atom. The van der Waals surface area contributed by atoms with Gasteiger partial charge in [-0.2, -0.15) is 4.52 Å². The van der Waals surface area contributed by atoms with Gasteiger partial charge in [0.2, 0.25) is 0 Å². The second kappa shape index (κ2) is 5.84. The maximum atomic E-state index is 12.3. The number of anilines is 2. The van der Waals surface area contributed by atoms with Gasteiger partial charge in [0.05, 0.1) is 5.69 Å². The molecule has 1 aromatic carbocycles. The summed E-state index contributed by atoms with van der Waals surface area (Å²) in [6.45, 7) is 3.55. The van der Waals surface area contributed by atoms with Gasteiger partial charge in [0.1, 0.15) is 12.0 Å². The quantitative estimate of drug-likeness (QED) is 0.638. The van der Waals surface area contributed by atoms with E-state index in [4.69, 9.17) is 0 Å². The highest BCUT2D eigenvalue weighted by Gasteiger charge is 2.14. The van der Waals surface area contributed by atoms with Crippen LogP contribution in [-0.2, 0) is 0 Å². The Morgan fingerprint density at radius 1 is 1.30 bits per heavy atom. The highest BCUT2D eigenvalue weighted by molar-refractivity contribution is 9.10. The number of carbonyl (C=O) groups excluding carboxylic acids is 1. The summed E-state index contributed by atoms with van der Waals surface area (Å²) in [7, 11) is 0. The van der Waals surface area contributed by atoms with Gasteiger partial charge in [-0.15, -0.1) is 0 Å². The van der Waals surface area contributed by atoms with Crippen LogP contribution in [0.4, 0.5) is 16.2 Å². The number of aromatic amines is 1. The van der Waals surface area contributed by atoms with Crippen LogP contribution in [0.25, 0.3) is 5.78 Å². The Balaban J connectivity index is 1.85. The molecule has 23 heavy (non-hydrogen) atoms. The molecule has 0 atom stereocenters. The van der Waals surface area contributed by atoms with E-state index in [2.05, 4.69) is 41.6 Å². The lowest BCUT2D eigenvalue weighted by Crippen LogP contribution is -2.28. The van der Waals surface area contributed by atoms with Gasteiger partial charge >= 0.3 is 6.03 Å². The molecule has 8 nitrogen and oxygen atoms in total. The van der Waals surface area contributed by atoms with E-state index in [0.717, 1.165) is 14.6 Å². The fourth-order valence-electron chi connectivity index (χ4n) is 2.10. The van der Waals surface area contributed by atoms with Crippen LogP contribution in [0.15, 0.2) is 33.8 Å². The topological polar surface area (TPSA) is 104 Å². The summed E-state index contributed by atoms with van der Waals surface area (Å²) in [5.74, 6) is 0.252. The van der Waals surface area contributed by atoms with E-state index < -0.39 is 11.6 Å². The maximum absolute atomic E-state index is 12.3.